The Morgan fingerprint density at radius 1 is 0.575 bits per heavy atom. The number of carbonyl (C=O) groups is 1. The Balaban J connectivity index is 1.24. The van der Waals surface area contributed by atoms with E-state index in [1.54, 1.807) is 7.11 Å². The van der Waals surface area contributed by atoms with Crippen molar-refractivity contribution in [1.29, 1.82) is 0 Å². The summed E-state index contributed by atoms with van der Waals surface area (Å²) < 4.78 is 11.1. The average molecular weight is 544 g/mol. The molecule has 0 aliphatic carbocycles. The van der Waals surface area contributed by atoms with E-state index in [-0.39, 0.29) is 5.91 Å². The second kappa shape index (κ2) is 18.9. The van der Waals surface area contributed by atoms with Gasteiger partial charge in [0.1, 0.15) is 11.5 Å². The first-order valence-corrected chi connectivity index (χ1v) is 15.5. The van der Waals surface area contributed by atoms with Gasteiger partial charge in [-0.3, -0.25) is 4.79 Å². The van der Waals surface area contributed by atoms with E-state index in [0.717, 1.165) is 41.3 Å². The first kappa shape index (κ1) is 31.3. The normalized spacial score (nSPS) is 10.8. The monoisotopic (exact) mass is 543 g/mol. The molecular formula is C36H49NO3. The number of rotatable bonds is 20. The predicted octanol–water partition coefficient (Wildman–Crippen LogP) is 10.5. The van der Waals surface area contributed by atoms with Crippen molar-refractivity contribution in [3.63, 3.8) is 0 Å². The molecule has 0 aliphatic rings. The Labute approximate surface area is 242 Å². The van der Waals surface area contributed by atoms with Crippen LogP contribution in [-0.2, 0) is 0 Å². The zero-order chi connectivity index (χ0) is 28.3. The van der Waals surface area contributed by atoms with Crippen LogP contribution in [-0.4, -0.2) is 19.6 Å². The summed E-state index contributed by atoms with van der Waals surface area (Å²) >= 11 is 0. The second-order valence-corrected chi connectivity index (χ2v) is 10.7. The van der Waals surface area contributed by atoms with Crippen LogP contribution in [0, 0.1) is 0 Å². The van der Waals surface area contributed by atoms with E-state index in [0.29, 0.717) is 5.56 Å². The SMILES string of the molecule is CCCCCCCCCCCCCCCCOc1ccc(NC(=O)c2ccc(-c3ccc(OC)cc3)cc2)cc1. The third-order valence-corrected chi connectivity index (χ3v) is 7.45. The summed E-state index contributed by atoms with van der Waals surface area (Å²) in [5, 5.41) is 2.97. The van der Waals surface area contributed by atoms with Crippen molar-refractivity contribution < 1.29 is 14.3 Å². The summed E-state index contributed by atoms with van der Waals surface area (Å²) in [4.78, 5) is 12.7. The zero-order valence-electron chi connectivity index (χ0n) is 24.8. The number of ether oxygens (including phenoxy) is 2. The molecule has 0 fully saturated rings. The highest BCUT2D eigenvalue weighted by Crippen LogP contribution is 2.23. The molecule has 0 atom stereocenters. The molecule has 0 saturated carbocycles. The number of benzene rings is 3. The van der Waals surface area contributed by atoms with E-state index in [1.807, 2.05) is 72.8 Å². The first-order valence-electron chi connectivity index (χ1n) is 15.5. The van der Waals surface area contributed by atoms with Crippen molar-refractivity contribution in [3.8, 4) is 22.6 Å². The van der Waals surface area contributed by atoms with Crippen LogP contribution in [0.3, 0.4) is 0 Å². The van der Waals surface area contributed by atoms with Gasteiger partial charge in [-0.05, 0) is 66.1 Å². The van der Waals surface area contributed by atoms with Crippen molar-refractivity contribution in [2.45, 2.75) is 96.8 Å². The number of methoxy groups -OCH3 is 1. The molecule has 0 aromatic heterocycles. The van der Waals surface area contributed by atoms with Gasteiger partial charge in [0.15, 0.2) is 0 Å². The van der Waals surface area contributed by atoms with E-state index in [9.17, 15) is 4.79 Å². The summed E-state index contributed by atoms with van der Waals surface area (Å²) in [6, 6.07) is 23.1. The molecule has 1 amide bonds. The van der Waals surface area contributed by atoms with E-state index >= 15 is 0 Å². The van der Waals surface area contributed by atoms with E-state index in [1.165, 1.54) is 83.5 Å². The molecule has 3 aromatic carbocycles. The molecule has 3 aromatic rings. The van der Waals surface area contributed by atoms with Crippen molar-refractivity contribution >= 4 is 11.6 Å². The van der Waals surface area contributed by atoms with E-state index in [2.05, 4.69) is 12.2 Å². The van der Waals surface area contributed by atoms with E-state index in [4.69, 9.17) is 9.47 Å². The number of anilines is 1. The average Bonchev–Trinajstić information content (AvgIpc) is 3.00. The Morgan fingerprint density at radius 2 is 1.02 bits per heavy atom. The second-order valence-electron chi connectivity index (χ2n) is 10.7. The van der Waals surface area contributed by atoms with Crippen molar-refractivity contribution in [1.82, 2.24) is 0 Å². The summed E-state index contributed by atoms with van der Waals surface area (Å²) in [6.45, 7) is 3.02. The fourth-order valence-electron chi connectivity index (χ4n) is 4.92. The maximum absolute atomic E-state index is 12.7. The van der Waals surface area contributed by atoms with Crippen LogP contribution in [0.5, 0.6) is 11.5 Å². The van der Waals surface area contributed by atoms with Gasteiger partial charge in [0, 0.05) is 11.3 Å². The summed E-state index contributed by atoms with van der Waals surface area (Å²) in [5.41, 5.74) is 3.51. The van der Waals surface area contributed by atoms with E-state index < -0.39 is 0 Å². The van der Waals surface area contributed by atoms with Gasteiger partial charge in [-0.15, -0.1) is 0 Å². The summed E-state index contributed by atoms with van der Waals surface area (Å²) in [6.07, 6.45) is 19.0. The maximum Gasteiger partial charge on any atom is 0.255 e. The minimum atomic E-state index is -0.127. The van der Waals surface area contributed by atoms with Crippen molar-refractivity contribution in [2.24, 2.45) is 0 Å². The van der Waals surface area contributed by atoms with Crippen molar-refractivity contribution in [2.75, 3.05) is 19.0 Å². The highest BCUT2D eigenvalue weighted by Gasteiger charge is 2.07. The topological polar surface area (TPSA) is 47.6 Å². The lowest BCUT2D eigenvalue weighted by atomic mass is 10.0. The predicted molar refractivity (Wildman–Crippen MR) is 169 cm³/mol. The molecule has 0 unspecified atom stereocenters. The summed E-state index contributed by atoms with van der Waals surface area (Å²) in [5.74, 6) is 1.54. The lowest BCUT2D eigenvalue weighted by Crippen LogP contribution is -2.11. The number of amides is 1. The van der Waals surface area contributed by atoms with Crippen LogP contribution >= 0.6 is 0 Å². The Kier molecular flexibility index (Phi) is 14.8. The largest absolute Gasteiger partial charge is 0.497 e. The molecule has 1 N–H and O–H groups in total. The van der Waals surface area contributed by atoms with Crippen LogP contribution < -0.4 is 14.8 Å². The van der Waals surface area contributed by atoms with Gasteiger partial charge < -0.3 is 14.8 Å². The molecule has 0 saturated heterocycles. The minimum absolute atomic E-state index is 0.127. The fourth-order valence-corrected chi connectivity index (χ4v) is 4.92. The molecule has 216 valence electrons. The molecule has 0 spiro atoms. The van der Waals surface area contributed by atoms with Crippen LogP contribution in [0.4, 0.5) is 5.69 Å². The molecule has 0 bridgehead atoms. The Bertz CT molecular complexity index is 1070. The zero-order valence-corrected chi connectivity index (χ0v) is 24.8. The molecule has 40 heavy (non-hydrogen) atoms. The molecule has 4 nitrogen and oxygen atoms in total. The molecular weight excluding hydrogens is 494 g/mol. The van der Waals surface area contributed by atoms with Crippen LogP contribution in [0.25, 0.3) is 11.1 Å². The summed E-state index contributed by atoms with van der Waals surface area (Å²) in [7, 11) is 1.66. The van der Waals surface area contributed by atoms with Gasteiger partial charge in [0.05, 0.1) is 13.7 Å². The van der Waals surface area contributed by atoms with Crippen LogP contribution in [0.2, 0.25) is 0 Å². The highest BCUT2D eigenvalue weighted by atomic mass is 16.5. The van der Waals surface area contributed by atoms with Crippen LogP contribution in [0.1, 0.15) is 107 Å². The number of carbonyl (C=O) groups excluding carboxylic acids is 1. The van der Waals surface area contributed by atoms with Gasteiger partial charge in [0.2, 0.25) is 0 Å². The highest BCUT2D eigenvalue weighted by molar-refractivity contribution is 6.04. The lowest BCUT2D eigenvalue weighted by Gasteiger charge is -2.09. The molecule has 3 rings (SSSR count). The third kappa shape index (κ3) is 11.9. The van der Waals surface area contributed by atoms with Gasteiger partial charge in [0.25, 0.3) is 5.91 Å². The fraction of sp³-hybridized carbons (Fsp3) is 0.472. The Morgan fingerprint density at radius 3 is 1.52 bits per heavy atom. The molecule has 0 radical (unpaired) electrons. The smallest absolute Gasteiger partial charge is 0.255 e. The van der Waals surface area contributed by atoms with Gasteiger partial charge in [-0.2, -0.15) is 0 Å². The number of hydrogen-bond acceptors (Lipinski definition) is 3. The minimum Gasteiger partial charge on any atom is -0.497 e. The quantitative estimate of drug-likeness (QED) is 0.144. The third-order valence-electron chi connectivity index (χ3n) is 7.45. The van der Waals surface area contributed by atoms with Gasteiger partial charge in [-0.25, -0.2) is 0 Å². The van der Waals surface area contributed by atoms with Gasteiger partial charge in [-0.1, -0.05) is 115 Å². The van der Waals surface area contributed by atoms with Gasteiger partial charge >= 0.3 is 0 Å². The lowest BCUT2D eigenvalue weighted by molar-refractivity contribution is 0.102. The Hall–Kier alpha value is -3.27. The first-order chi connectivity index (χ1) is 19.7. The maximum atomic E-state index is 12.7. The number of nitrogens with one attached hydrogen (secondary N) is 1. The molecule has 0 aliphatic heterocycles. The molecule has 4 heteroatoms. The molecule has 0 heterocycles. The van der Waals surface area contributed by atoms with Crippen LogP contribution in [0.15, 0.2) is 72.8 Å². The standard InChI is InChI=1S/C36H49NO3/c1-3-4-5-6-7-8-9-10-11-12-13-14-15-16-29-40-35-27-23-33(24-28-35)37-36(38)32-19-17-30(18-20-32)31-21-25-34(39-2)26-22-31/h17-28H,3-16,29H2,1-2H3,(H,37,38). The number of unbranched alkanes of at least 4 members (excludes halogenated alkanes) is 13. The van der Waals surface area contributed by atoms with Crippen molar-refractivity contribution in [3.05, 3.63) is 78.4 Å². The number of hydrogen-bond donors (Lipinski definition) is 1.